The number of anilines is 2. The molecule has 0 atom stereocenters. The van der Waals surface area contributed by atoms with Crippen LogP contribution in [0.15, 0.2) is 63.8 Å². The third-order valence-corrected chi connectivity index (χ3v) is 7.73. The molecule has 2 aliphatic heterocycles. The van der Waals surface area contributed by atoms with E-state index in [1.54, 1.807) is 5.43 Å². The number of alkyl halides is 11. The molecule has 2 saturated heterocycles. The number of nitrogens with two attached hydrogens (primary N) is 1. The highest BCUT2D eigenvalue weighted by molar-refractivity contribution is 5.94. The maximum absolute atomic E-state index is 13.1. The second kappa shape index (κ2) is 16.3. The zero-order valence-corrected chi connectivity index (χ0v) is 27.7. The predicted molar refractivity (Wildman–Crippen MR) is 168 cm³/mol. The number of benzene rings is 3. The summed E-state index contributed by atoms with van der Waals surface area (Å²) in [4.78, 5) is 35.6. The van der Waals surface area contributed by atoms with Crippen molar-refractivity contribution in [3.05, 3.63) is 98.8 Å². The Kier molecular flexibility index (Phi) is 12.5. The second-order valence-corrected chi connectivity index (χ2v) is 11.5. The Hall–Kier alpha value is -5.74. The molecule has 1 aromatic heterocycles. The number of hydrogen-bond acceptors (Lipinski definition) is 9. The Labute approximate surface area is 300 Å². The molecule has 55 heavy (non-hydrogen) atoms. The molecule has 2 aliphatic rings. The Morgan fingerprint density at radius 1 is 0.782 bits per heavy atom. The highest BCUT2D eigenvalue weighted by Gasteiger charge is 2.40. The fourth-order valence-electron chi connectivity index (χ4n) is 5.02. The molecule has 1 amide bonds. The topological polar surface area (TPSA) is 147 Å². The first-order valence-electron chi connectivity index (χ1n) is 15.3. The minimum absolute atomic E-state index is 0.0155. The first kappa shape index (κ1) is 42.0. The largest absolute Gasteiger partial charge is 0.465 e. The molecule has 0 bridgehead atoms. The molecule has 11 nitrogen and oxygen atoms in total. The third-order valence-electron chi connectivity index (χ3n) is 7.73. The van der Waals surface area contributed by atoms with E-state index in [0.717, 1.165) is 25.3 Å². The number of nitrogens with zero attached hydrogens (tertiary/aromatic N) is 3. The minimum Gasteiger partial charge on any atom is -0.465 e. The minimum atomic E-state index is -4.83. The van der Waals surface area contributed by atoms with Crippen molar-refractivity contribution in [2.24, 2.45) is 5.84 Å². The van der Waals surface area contributed by atoms with Crippen LogP contribution in [0.2, 0.25) is 0 Å². The van der Waals surface area contributed by atoms with E-state index in [0.29, 0.717) is 18.2 Å². The van der Waals surface area contributed by atoms with Crippen LogP contribution in [0.3, 0.4) is 0 Å². The van der Waals surface area contributed by atoms with Gasteiger partial charge in [0.1, 0.15) is 18.2 Å². The summed E-state index contributed by atoms with van der Waals surface area (Å²) in [6, 6.07) is 8.40. The number of amides is 1. The summed E-state index contributed by atoms with van der Waals surface area (Å²) in [5.41, 5.74) is -2.36. The zero-order chi connectivity index (χ0) is 41.0. The van der Waals surface area contributed by atoms with E-state index in [-0.39, 0.29) is 60.1 Å². The van der Waals surface area contributed by atoms with Crippen molar-refractivity contribution in [2.75, 3.05) is 43.1 Å². The van der Waals surface area contributed by atoms with Gasteiger partial charge in [0.15, 0.2) is 0 Å². The average Bonchev–Trinajstić information content (AvgIpc) is 3.53. The van der Waals surface area contributed by atoms with E-state index in [1.807, 2.05) is 5.10 Å². The number of methoxy groups -OCH3 is 1. The SMILES string of the molecule is COC(=O)c1ccc(F)c(C(F)(F)F)c1.NNC(=O)c1ccc(N2CC(F)C2)c(C(F)(F)F)c1.O=c1[nH]nc(-c2ccc(N3CC(F)C3)c(C(F)(F)F)c2)o1. The standard InChI is InChI=1S/C12H9F4N3O2.C11H11F4N3O.C9H6F4O2/c13-7-4-19(5-7)9-2-1-6(3-8(9)12(14,15)16)10-17-18-11(20)21-10;12-7-4-18(5-7)9-2-1-6(10(19)17-16)3-8(9)11(13,14)15;1-15-8(14)5-2-3-7(10)6(4-5)9(11,12)13/h1-3,7H,4-5H2,(H,18,20);1-3,7H,4-5,16H2,(H,17,19);2-4H,1H3. The van der Waals surface area contributed by atoms with E-state index in [4.69, 9.17) is 5.84 Å². The van der Waals surface area contributed by atoms with Crippen LogP contribution in [-0.2, 0) is 23.3 Å². The smallest absolute Gasteiger partial charge is 0.434 e. The Balaban J connectivity index is 0.000000186. The number of hydrazine groups is 1. The predicted octanol–water partition coefficient (Wildman–Crippen LogP) is 6.30. The third kappa shape index (κ3) is 10.3. The van der Waals surface area contributed by atoms with E-state index < -0.39 is 71.0 Å². The number of ether oxygens (including phenoxy) is 1. The lowest BCUT2D eigenvalue weighted by molar-refractivity contribution is -0.140. The summed E-state index contributed by atoms with van der Waals surface area (Å²) < 4.78 is 162. The normalized spacial score (nSPS) is 14.8. The summed E-state index contributed by atoms with van der Waals surface area (Å²) in [7, 11) is 1.03. The van der Waals surface area contributed by atoms with Crippen LogP contribution < -0.4 is 26.8 Å². The first-order chi connectivity index (χ1) is 25.5. The molecule has 4 aromatic rings. The molecule has 6 rings (SSSR count). The van der Waals surface area contributed by atoms with Gasteiger partial charge in [0.2, 0.25) is 5.89 Å². The Morgan fingerprint density at radius 2 is 1.25 bits per heavy atom. The summed E-state index contributed by atoms with van der Waals surface area (Å²) >= 11 is 0. The number of aromatic amines is 1. The number of rotatable bonds is 5. The quantitative estimate of drug-likeness (QED) is 0.0696. The van der Waals surface area contributed by atoms with Crippen molar-refractivity contribution in [1.82, 2.24) is 15.6 Å². The van der Waals surface area contributed by atoms with Crippen molar-refractivity contribution in [3.63, 3.8) is 0 Å². The molecule has 4 N–H and O–H groups in total. The molecular weight excluding hydrogens is 776 g/mol. The summed E-state index contributed by atoms with van der Waals surface area (Å²) in [5, 5.41) is 5.46. The Morgan fingerprint density at radius 3 is 1.69 bits per heavy atom. The van der Waals surface area contributed by atoms with Gasteiger partial charge in [-0.15, -0.1) is 5.10 Å². The van der Waals surface area contributed by atoms with Crippen molar-refractivity contribution >= 4 is 23.3 Å². The van der Waals surface area contributed by atoms with Crippen LogP contribution in [0.25, 0.3) is 11.5 Å². The lowest BCUT2D eigenvalue weighted by Crippen LogP contribution is -2.49. The number of H-pyrrole nitrogens is 1. The maximum atomic E-state index is 13.1. The van der Waals surface area contributed by atoms with Gasteiger partial charge in [0.25, 0.3) is 5.91 Å². The molecule has 0 radical (unpaired) electrons. The van der Waals surface area contributed by atoms with Crippen molar-refractivity contribution < 1.29 is 71.4 Å². The van der Waals surface area contributed by atoms with Gasteiger partial charge in [-0.3, -0.25) is 10.2 Å². The maximum Gasteiger partial charge on any atom is 0.434 e. The molecule has 0 unspecified atom stereocenters. The zero-order valence-electron chi connectivity index (χ0n) is 27.7. The number of aromatic nitrogens is 2. The van der Waals surface area contributed by atoms with E-state index in [2.05, 4.69) is 14.3 Å². The van der Waals surface area contributed by atoms with E-state index in [1.165, 1.54) is 28.0 Å². The fraction of sp³-hybridized carbons (Fsp3) is 0.312. The van der Waals surface area contributed by atoms with Crippen LogP contribution in [0.5, 0.6) is 0 Å². The number of esters is 1. The molecule has 3 aromatic carbocycles. The fourth-order valence-corrected chi connectivity index (χ4v) is 5.02. The van der Waals surface area contributed by atoms with Gasteiger partial charge in [-0.1, -0.05) is 0 Å². The summed E-state index contributed by atoms with van der Waals surface area (Å²) in [6.45, 7) is -0.295. The second-order valence-electron chi connectivity index (χ2n) is 11.5. The molecule has 23 heteroatoms. The van der Waals surface area contributed by atoms with Gasteiger partial charge in [0, 0.05) is 22.5 Å². The van der Waals surface area contributed by atoms with Crippen molar-refractivity contribution in [1.29, 1.82) is 0 Å². The number of halogens is 12. The monoisotopic (exact) mass is 802 g/mol. The number of nitrogen functional groups attached to an aromatic ring is 1. The van der Waals surface area contributed by atoms with Crippen molar-refractivity contribution in [2.45, 2.75) is 30.9 Å². The number of carbonyl (C=O) groups excluding carboxylic acids is 2. The molecule has 0 saturated carbocycles. The lowest BCUT2D eigenvalue weighted by Gasteiger charge is -2.37. The Bertz CT molecular complexity index is 2050. The van der Waals surface area contributed by atoms with Crippen LogP contribution in [0, 0.1) is 5.82 Å². The van der Waals surface area contributed by atoms with Gasteiger partial charge in [-0.2, -0.15) is 39.5 Å². The molecule has 3 heterocycles. The molecular formula is C32H26F12N6O5. The molecule has 0 spiro atoms. The van der Waals surface area contributed by atoms with Crippen LogP contribution in [0.1, 0.15) is 37.4 Å². The highest BCUT2D eigenvalue weighted by atomic mass is 19.4. The van der Waals surface area contributed by atoms with Gasteiger partial charge in [-0.25, -0.2) is 33.7 Å². The summed E-state index contributed by atoms with van der Waals surface area (Å²) in [5.74, 6) is 0.607. The van der Waals surface area contributed by atoms with Crippen LogP contribution in [-0.4, -0.2) is 67.7 Å². The number of nitrogens with one attached hydrogen (secondary N) is 2. The number of hydrogen-bond donors (Lipinski definition) is 3. The van der Waals surface area contributed by atoms with Crippen LogP contribution in [0.4, 0.5) is 64.1 Å². The van der Waals surface area contributed by atoms with Gasteiger partial charge < -0.3 is 19.0 Å². The lowest BCUT2D eigenvalue weighted by atomic mass is 10.0. The molecule has 298 valence electrons. The molecule has 2 fully saturated rings. The van der Waals surface area contributed by atoms with Crippen LogP contribution >= 0.6 is 0 Å². The summed E-state index contributed by atoms with van der Waals surface area (Å²) in [6.07, 6.45) is -16.3. The van der Waals surface area contributed by atoms with Crippen molar-refractivity contribution in [3.8, 4) is 11.5 Å². The number of carbonyl (C=O) groups is 2. The van der Waals surface area contributed by atoms with Gasteiger partial charge >= 0.3 is 30.3 Å². The van der Waals surface area contributed by atoms with Gasteiger partial charge in [-0.05, 0) is 54.6 Å². The first-order valence-corrected chi connectivity index (χ1v) is 15.3. The van der Waals surface area contributed by atoms with E-state index >= 15 is 0 Å². The molecule has 0 aliphatic carbocycles. The van der Waals surface area contributed by atoms with Gasteiger partial charge in [0.05, 0.1) is 55.5 Å². The van der Waals surface area contributed by atoms with E-state index in [9.17, 15) is 67.1 Å². The highest BCUT2D eigenvalue weighted by Crippen LogP contribution is 2.41. The average molecular weight is 803 g/mol.